The summed E-state index contributed by atoms with van der Waals surface area (Å²) >= 11 is 0. The number of nitrogens with zero attached hydrogens (tertiary/aromatic N) is 5. The first-order chi connectivity index (χ1) is 17.8. The Labute approximate surface area is 210 Å². The van der Waals surface area contributed by atoms with Crippen LogP contribution < -0.4 is 0 Å². The summed E-state index contributed by atoms with van der Waals surface area (Å²) in [5, 5.41) is 8.12. The van der Waals surface area contributed by atoms with Crippen molar-refractivity contribution in [3.05, 3.63) is 78.6 Å². The molecule has 6 aromatic rings. The molecule has 0 saturated carbocycles. The van der Waals surface area contributed by atoms with Crippen LogP contribution in [0.1, 0.15) is 5.56 Å². The third-order valence-corrected chi connectivity index (χ3v) is 6.98. The number of aromatic amines is 2. The first kappa shape index (κ1) is 22.9. The van der Waals surface area contributed by atoms with Crippen molar-refractivity contribution in [3.8, 4) is 33.9 Å². The molecule has 11 heteroatoms. The van der Waals surface area contributed by atoms with Gasteiger partial charge in [-0.1, -0.05) is 6.07 Å². The molecule has 0 unspecified atom stereocenters. The zero-order valence-electron chi connectivity index (χ0n) is 19.6. The monoisotopic (exact) mass is 513 g/mol. The highest BCUT2D eigenvalue weighted by atomic mass is 32.2. The van der Waals surface area contributed by atoms with Gasteiger partial charge in [0.15, 0.2) is 11.5 Å². The van der Waals surface area contributed by atoms with Crippen LogP contribution in [-0.4, -0.2) is 55.5 Å². The van der Waals surface area contributed by atoms with Gasteiger partial charge in [-0.15, -0.1) is 0 Å². The number of sulfone groups is 1. The van der Waals surface area contributed by atoms with Crippen LogP contribution >= 0.6 is 0 Å². The Morgan fingerprint density at radius 3 is 2.68 bits per heavy atom. The molecule has 9 nitrogen and oxygen atoms in total. The topological polar surface area (TPSA) is 130 Å². The summed E-state index contributed by atoms with van der Waals surface area (Å²) in [6, 6.07) is 12.0. The van der Waals surface area contributed by atoms with Gasteiger partial charge in [-0.2, -0.15) is 5.10 Å². The molecule has 0 radical (unpaired) electrons. The van der Waals surface area contributed by atoms with Crippen LogP contribution in [0.25, 0.3) is 56.0 Å². The minimum atomic E-state index is -3.18. The predicted octanol–water partition coefficient (Wildman–Crippen LogP) is 4.35. The number of benzene rings is 1. The fourth-order valence-electron chi connectivity index (χ4n) is 4.27. The van der Waals surface area contributed by atoms with Gasteiger partial charge >= 0.3 is 0 Å². The fourth-order valence-corrected chi connectivity index (χ4v) is 4.88. The molecule has 0 spiro atoms. The zero-order chi connectivity index (χ0) is 25.6. The number of pyridine rings is 3. The maximum absolute atomic E-state index is 14.5. The number of aromatic nitrogens is 7. The SMILES string of the molecule is CS(=O)(=O)CCc1cc(F)cc(-c2nccc3[nH]c(-c4[nH]nc5ncc(-c6cccnc6)cc45)nc23)c1. The Hall–Kier alpha value is -4.51. The van der Waals surface area contributed by atoms with Crippen LogP contribution in [0.3, 0.4) is 0 Å². The third kappa shape index (κ3) is 4.56. The number of H-pyrrole nitrogens is 2. The van der Waals surface area contributed by atoms with Crippen molar-refractivity contribution in [3.63, 3.8) is 0 Å². The Balaban J connectivity index is 1.44. The molecule has 0 saturated heterocycles. The Kier molecular flexibility index (Phi) is 5.49. The van der Waals surface area contributed by atoms with Gasteiger partial charge in [-0.3, -0.25) is 15.1 Å². The molecule has 0 aliphatic carbocycles. The summed E-state index contributed by atoms with van der Waals surface area (Å²) in [5.74, 6) is -0.00286. The second-order valence-electron chi connectivity index (χ2n) is 8.80. The summed E-state index contributed by atoms with van der Waals surface area (Å²) in [7, 11) is -3.18. The highest BCUT2D eigenvalue weighted by Crippen LogP contribution is 2.32. The molecule has 0 bridgehead atoms. The molecule has 5 heterocycles. The number of hydrogen-bond acceptors (Lipinski definition) is 7. The van der Waals surface area contributed by atoms with Gasteiger partial charge in [0.2, 0.25) is 0 Å². The number of aryl methyl sites for hydroxylation is 1. The molecule has 5 aromatic heterocycles. The van der Waals surface area contributed by atoms with E-state index >= 15 is 0 Å². The van der Waals surface area contributed by atoms with E-state index < -0.39 is 15.7 Å². The van der Waals surface area contributed by atoms with Gasteiger partial charge in [0.1, 0.15) is 26.9 Å². The zero-order valence-corrected chi connectivity index (χ0v) is 20.4. The fraction of sp³-hybridized carbons (Fsp3) is 0.115. The number of fused-ring (bicyclic) bond motifs is 2. The van der Waals surface area contributed by atoms with Gasteiger partial charge < -0.3 is 4.98 Å². The van der Waals surface area contributed by atoms with E-state index in [0.29, 0.717) is 45.0 Å². The summed E-state index contributed by atoms with van der Waals surface area (Å²) in [5.41, 5.74) is 5.85. The van der Waals surface area contributed by atoms with E-state index in [9.17, 15) is 12.8 Å². The molecule has 0 fully saturated rings. The standard InChI is InChI=1S/C26H20FN7O2S/c1-37(35,36)8-5-15-9-17(11-19(27)10-15)22-24-21(4-7-29-22)31-26(32-24)23-20-12-18(14-30-25(20)34-33-23)16-3-2-6-28-13-16/h2-4,6-7,9-14H,5,8H2,1H3,(H,31,32)(H,30,33,34). The largest absolute Gasteiger partial charge is 0.337 e. The maximum Gasteiger partial charge on any atom is 0.181 e. The molecule has 0 atom stereocenters. The van der Waals surface area contributed by atoms with Gasteiger partial charge in [0.25, 0.3) is 0 Å². The smallest absolute Gasteiger partial charge is 0.181 e. The van der Waals surface area contributed by atoms with Crippen LogP contribution in [0.5, 0.6) is 0 Å². The van der Waals surface area contributed by atoms with E-state index in [4.69, 9.17) is 4.98 Å². The lowest BCUT2D eigenvalue weighted by Crippen LogP contribution is -2.06. The van der Waals surface area contributed by atoms with Crippen molar-refractivity contribution in [1.29, 1.82) is 0 Å². The molecule has 6 rings (SSSR count). The Bertz CT molecular complexity index is 1880. The highest BCUT2D eigenvalue weighted by Gasteiger charge is 2.17. The van der Waals surface area contributed by atoms with E-state index in [1.54, 1.807) is 36.9 Å². The number of halogens is 1. The van der Waals surface area contributed by atoms with Gasteiger partial charge in [-0.25, -0.2) is 22.8 Å². The lowest BCUT2D eigenvalue weighted by Gasteiger charge is -2.06. The van der Waals surface area contributed by atoms with Gasteiger partial charge in [0.05, 0.1) is 22.3 Å². The van der Waals surface area contributed by atoms with Crippen molar-refractivity contribution in [1.82, 2.24) is 35.1 Å². The molecule has 0 amide bonds. The second kappa shape index (κ2) is 8.86. The minimum Gasteiger partial charge on any atom is -0.337 e. The highest BCUT2D eigenvalue weighted by molar-refractivity contribution is 7.90. The summed E-state index contributed by atoms with van der Waals surface area (Å²) in [4.78, 5) is 21.2. The Morgan fingerprint density at radius 1 is 0.973 bits per heavy atom. The van der Waals surface area contributed by atoms with Gasteiger partial charge in [-0.05, 0) is 48.4 Å². The molecular formula is C26H20FN7O2S. The van der Waals surface area contributed by atoms with Crippen LogP contribution in [0.4, 0.5) is 4.39 Å². The molecule has 37 heavy (non-hydrogen) atoms. The quantitative estimate of drug-likeness (QED) is 0.339. The third-order valence-electron chi connectivity index (χ3n) is 6.03. The lowest BCUT2D eigenvalue weighted by molar-refractivity contribution is 0.600. The molecule has 0 aliphatic heterocycles. The van der Waals surface area contributed by atoms with E-state index in [1.807, 2.05) is 18.2 Å². The average Bonchev–Trinajstić information content (AvgIpc) is 3.51. The number of rotatable bonds is 6. The van der Waals surface area contributed by atoms with Crippen molar-refractivity contribution in [2.75, 3.05) is 12.0 Å². The lowest BCUT2D eigenvalue weighted by atomic mass is 10.0. The van der Waals surface area contributed by atoms with Crippen molar-refractivity contribution >= 4 is 31.9 Å². The predicted molar refractivity (Wildman–Crippen MR) is 139 cm³/mol. The summed E-state index contributed by atoms with van der Waals surface area (Å²) in [6.07, 6.45) is 8.22. The Morgan fingerprint density at radius 2 is 1.86 bits per heavy atom. The molecule has 1 aromatic carbocycles. The van der Waals surface area contributed by atoms with Crippen molar-refractivity contribution < 1.29 is 12.8 Å². The number of hydrogen-bond donors (Lipinski definition) is 2. The maximum atomic E-state index is 14.5. The molecule has 0 aliphatic rings. The number of nitrogens with one attached hydrogen (secondary N) is 2. The van der Waals surface area contributed by atoms with Crippen LogP contribution in [0, 0.1) is 5.82 Å². The first-order valence-corrected chi connectivity index (χ1v) is 13.5. The van der Waals surface area contributed by atoms with Crippen molar-refractivity contribution in [2.24, 2.45) is 0 Å². The molecular weight excluding hydrogens is 493 g/mol. The second-order valence-corrected chi connectivity index (χ2v) is 11.1. The van der Waals surface area contributed by atoms with Gasteiger partial charge in [0, 0.05) is 47.7 Å². The van der Waals surface area contributed by atoms with E-state index in [0.717, 1.165) is 22.8 Å². The van der Waals surface area contributed by atoms with E-state index in [-0.39, 0.29) is 12.2 Å². The molecule has 2 N–H and O–H groups in total. The van der Waals surface area contributed by atoms with E-state index in [1.165, 1.54) is 12.1 Å². The minimum absolute atomic E-state index is 0.0674. The van der Waals surface area contributed by atoms with Crippen LogP contribution in [0.2, 0.25) is 0 Å². The number of imidazole rings is 1. The summed E-state index contributed by atoms with van der Waals surface area (Å²) in [6.45, 7) is 0. The van der Waals surface area contributed by atoms with Crippen molar-refractivity contribution in [2.45, 2.75) is 6.42 Å². The molecule has 184 valence electrons. The first-order valence-electron chi connectivity index (χ1n) is 11.4. The van der Waals surface area contributed by atoms with Crippen LogP contribution in [0.15, 0.2) is 67.3 Å². The van der Waals surface area contributed by atoms with Crippen LogP contribution in [-0.2, 0) is 16.3 Å². The normalized spacial score (nSPS) is 11.9. The average molecular weight is 514 g/mol. The van der Waals surface area contributed by atoms with E-state index in [2.05, 4.69) is 30.1 Å². The summed E-state index contributed by atoms with van der Waals surface area (Å²) < 4.78 is 37.7.